The van der Waals surface area contributed by atoms with Gasteiger partial charge in [0.05, 0.1) is 25.0 Å². The maximum atomic E-state index is 14.6. The Labute approximate surface area is 183 Å². The van der Waals surface area contributed by atoms with Crippen LogP contribution in [0.4, 0.5) is 8.78 Å². The quantitative estimate of drug-likeness (QED) is 0.596. The van der Waals surface area contributed by atoms with Gasteiger partial charge in [-0.1, -0.05) is 37.3 Å². The van der Waals surface area contributed by atoms with E-state index < -0.39 is 28.8 Å². The van der Waals surface area contributed by atoms with E-state index in [-0.39, 0.29) is 17.4 Å². The van der Waals surface area contributed by atoms with Crippen LogP contribution >= 0.6 is 11.8 Å². The number of thioether (sulfide) groups is 1. The van der Waals surface area contributed by atoms with Crippen molar-refractivity contribution in [3.8, 4) is 0 Å². The molecule has 2 atom stereocenters. The number of ether oxygens (including phenoxy) is 2. The van der Waals surface area contributed by atoms with Crippen molar-refractivity contribution in [2.24, 2.45) is 0 Å². The minimum atomic E-state index is -1.74. The number of benzene rings is 2. The van der Waals surface area contributed by atoms with Crippen molar-refractivity contribution in [2.75, 3.05) is 13.2 Å². The maximum Gasteiger partial charge on any atom is 0.183 e. The molecule has 6 nitrogen and oxygen atoms in total. The second kappa shape index (κ2) is 9.44. The van der Waals surface area contributed by atoms with Crippen LogP contribution < -0.4 is 0 Å². The van der Waals surface area contributed by atoms with Crippen molar-refractivity contribution < 1.29 is 23.4 Å². The third-order valence-corrected chi connectivity index (χ3v) is 6.73. The summed E-state index contributed by atoms with van der Waals surface area (Å²) in [5.74, 6) is -1.31. The summed E-state index contributed by atoms with van der Waals surface area (Å²) in [7, 11) is 0. The number of aromatic nitrogens is 3. The van der Waals surface area contributed by atoms with Crippen molar-refractivity contribution in [1.29, 1.82) is 0 Å². The maximum absolute atomic E-state index is 14.6. The molecular weight excluding hydrogens is 424 g/mol. The highest BCUT2D eigenvalue weighted by Crippen LogP contribution is 2.39. The van der Waals surface area contributed by atoms with Crippen molar-refractivity contribution >= 4 is 11.8 Å². The van der Waals surface area contributed by atoms with Crippen LogP contribution in [0.25, 0.3) is 0 Å². The minimum Gasteiger partial charge on any atom is -0.382 e. The lowest BCUT2D eigenvalue weighted by molar-refractivity contribution is -0.180. The molecule has 3 aromatic rings. The SMILES string of the molecule is C[C@@H](SC1COC(c2ccccc2)OC1)[C@](O)(Cn1cncn1)c1cc(F)ccc1F. The zero-order valence-corrected chi connectivity index (χ0v) is 17.7. The monoisotopic (exact) mass is 447 g/mol. The molecule has 4 rings (SSSR count). The van der Waals surface area contributed by atoms with E-state index in [4.69, 9.17) is 9.47 Å². The lowest BCUT2D eigenvalue weighted by Gasteiger charge is -2.37. The molecule has 9 heteroatoms. The standard InChI is InChI=1S/C22H23F2N3O3S/c1-15(31-18-10-29-21(30-11-18)16-5-3-2-4-6-16)22(28,12-27-14-25-13-26-27)19-9-17(23)7-8-20(19)24/h2-9,13-15,18,21,28H,10-12H2,1H3/t15-,18?,21?,22-/m1/s1. The lowest BCUT2D eigenvalue weighted by Crippen LogP contribution is -2.43. The molecule has 2 aromatic carbocycles. The van der Waals surface area contributed by atoms with Crippen LogP contribution in [0.2, 0.25) is 0 Å². The fraction of sp³-hybridized carbons (Fsp3) is 0.364. The highest BCUT2D eigenvalue weighted by Gasteiger charge is 2.41. The Morgan fingerprint density at radius 2 is 1.94 bits per heavy atom. The summed E-state index contributed by atoms with van der Waals surface area (Å²) in [5, 5.41) is 15.0. The normalized spacial score (nSPS) is 22.1. The van der Waals surface area contributed by atoms with E-state index in [0.29, 0.717) is 13.2 Å². The number of halogens is 2. The topological polar surface area (TPSA) is 69.4 Å². The number of rotatable bonds is 7. The van der Waals surface area contributed by atoms with Gasteiger partial charge in [-0.05, 0) is 18.2 Å². The summed E-state index contributed by atoms with van der Waals surface area (Å²) in [6.07, 6.45) is 2.31. The van der Waals surface area contributed by atoms with Gasteiger partial charge in [-0.15, -0.1) is 11.8 Å². The highest BCUT2D eigenvalue weighted by atomic mass is 32.2. The molecule has 31 heavy (non-hydrogen) atoms. The van der Waals surface area contributed by atoms with Crippen LogP contribution in [0, 0.1) is 11.6 Å². The Morgan fingerprint density at radius 3 is 2.61 bits per heavy atom. The Morgan fingerprint density at radius 1 is 1.19 bits per heavy atom. The van der Waals surface area contributed by atoms with Crippen molar-refractivity contribution in [2.45, 2.75) is 35.9 Å². The Kier molecular flexibility index (Phi) is 6.66. The van der Waals surface area contributed by atoms with Gasteiger partial charge >= 0.3 is 0 Å². The molecule has 0 bridgehead atoms. The predicted octanol–water partition coefficient (Wildman–Crippen LogP) is 3.68. The average molecular weight is 448 g/mol. The first-order valence-corrected chi connectivity index (χ1v) is 10.8. The smallest absolute Gasteiger partial charge is 0.183 e. The zero-order valence-electron chi connectivity index (χ0n) is 16.9. The van der Waals surface area contributed by atoms with Crippen molar-refractivity contribution in [1.82, 2.24) is 14.8 Å². The van der Waals surface area contributed by atoms with Gasteiger partial charge in [-0.3, -0.25) is 0 Å². The summed E-state index contributed by atoms with van der Waals surface area (Å²) in [6.45, 7) is 2.50. The van der Waals surface area contributed by atoms with Crippen LogP contribution in [0.15, 0.2) is 61.2 Å². The Balaban J connectivity index is 1.50. The van der Waals surface area contributed by atoms with Crippen LogP contribution in [0.5, 0.6) is 0 Å². The number of hydrogen-bond acceptors (Lipinski definition) is 6. The summed E-state index contributed by atoms with van der Waals surface area (Å²) >= 11 is 1.41. The van der Waals surface area contributed by atoms with Crippen LogP contribution in [-0.4, -0.2) is 43.6 Å². The fourth-order valence-corrected chi connectivity index (χ4v) is 4.91. The van der Waals surface area contributed by atoms with Crippen LogP contribution in [0.1, 0.15) is 24.3 Å². The molecule has 2 heterocycles. The molecule has 1 aromatic heterocycles. The molecule has 164 valence electrons. The first-order chi connectivity index (χ1) is 15.0. The second-order valence-corrected chi connectivity index (χ2v) is 9.10. The molecule has 1 aliphatic rings. The van der Waals surface area contributed by atoms with E-state index in [2.05, 4.69) is 10.1 Å². The molecule has 1 saturated heterocycles. The molecular formula is C22H23F2N3O3S. The van der Waals surface area contributed by atoms with Gasteiger partial charge in [0.2, 0.25) is 0 Å². The highest BCUT2D eigenvalue weighted by molar-refractivity contribution is 8.00. The van der Waals surface area contributed by atoms with Crippen LogP contribution in [-0.2, 0) is 21.6 Å². The summed E-state index contributed by atoms with van der Waals surface area (Å²) in [5.41, 5.74) is -0.924. The lowest BCUT2D eigenvalue weighted by atomic mass is 9.90. The fourth-order valence-electron chi connectivity index (χ4n) is 3.59. The minimum absolute atomic E-state index is 0.0807. The van der Waals surface area contributed by atoms with E-state index in [0.717, 1.165) is 23.8 Å². The molecule has 0 saturated carbocycles. The molecule has 1 N–H and O–H groups in total. The van der Waals surface area contributed by atoms with Crippen molar-refractivity contribution in [3.05, 3.63) is 83.9 Å². The molecule has 0 aliphatic carbocycles. The third-order valence-electron chi connectivity index (χ3n) is 5.27. The van der Waals surface area contributed by atoms with Gasteiger partial charge < -0.3 is 14.6 Å². The van der Waals surface area contributed by atoms with Crippen LogP contribution in [0.3, 0.4) is 0 Å². The molecule has 0 radical (unpaired) electrons. The largest absolute Gasteiger partial charge is 0.382 e. The molecule has 0 unspecified atom stereocenters. The van der Waals surface area contributed by atoms with Gasteiger partial charge in [0.25, 0.3) is 0 Å². The van der Waals surface area contributed by atoms with Crippen molar-refractivity contribution in [3.63, 3.8) is 0 Å². The summed E-state index contributed by atoms with van der Waals surface area (Å²) in [4.78, 5) is 3.88. The van der Waals surface area contributed by atoms with E-state index in [1.165, 1.54) is 29.1 Å². The molecule has 1 fully saturated rings. The number of aliphatic hydroxyl groups is 1. The molecule has 0 spiro atoms. The van der Waals surface area contributed by atoms with Gasteiger partial charge in [-0.2, -0.15) is 5.10 Å². The van der Waals surface area contributed by atoms with Gasteiger partial charge in [-0.25, -0.2) is 18.4 Å². The zero-order chi connectivity index (χ0) is 21.8. The average Bonchev–Trinajstić information content (AvgIpc) is 3.29. The second-order valence-electron chi connectivity index (χ2n) is 7.45. The predicted molar refractivity (Wildman–Crippen MR) is 112 cm³/mol. The Bertz CT molecular complexity index is 985. The summed E-state index contributed by atoms with van der Waals surface area (Å²) in [6, 6.07) is 12.7. The van der Waals surface area contributed by atoms with Gasteiger partial charge in [0.15, 0.2) is 6.29 Å². The number of nitrogens with zero attached hydrogens (tertiary/aromatic N) is 3. The Hall–Kier alpha value is -2.33. The van der Waals surface area contributed by atoms with Gasteiger partial charge in [0, 0.05) is 16.4 Å². The van der Waals surface area contributed by atoms with E-state index in [9.17, 15) is 13.9 Å². The third kappa shape index (κ3) is 4.95. The summed E-state index contributed by atoms with van der Waals surface area (Å²) < 4.78 is 41.7. The van der Waals surface area contributed by atoms with E-state index in [1.54, 1.807) is 6.92 Å². The first-order valence-electron chi connectivity index (χ1n) is 9.89. The first kappa shape index (κ1) is 21.9. The molecule has 0 amide bonds. The number of hydrogen-bond donors (Lipinski definition) is 1. The van der Waals surface area contributed by atoms with E-state index in [1.807, 2.05) is 30.3 Å². The van der Waals surface area contributed by atoms with E-state index >= 15 is 0 Å². The molecule has 1 aliphatic heterocycles. The van der Waals surface area contributed by atoms with Gasteiger partial charge in [0.1, 0.15) is 29.9 Å².